The highest BCUT2D eigenvalue weighted by Gasteiger charge is 2.26. The average molecular weight is 239 g/mol. The quantitative estimate of drug-likeness (QED) is 0.881. The van der Waals surface area contributed by atoms with Gasteiger partial charge in [-0.1, -0.05) is 37.6 Å². The summed E-state index contributed by atoms with van der Waals surface area (Å²) in [6.07, 6.45) is 6.59. The molecule has 1 saturated carbocycles. The molecule has 4 heteroatoms. The lowest BCUT2D eigenvalue weighted by atomic mass is 9.83. The first-order valence-corrected chi connectivity index (χ1v) is 7.05. The minimum Gasteiger partial charge on any atom is -0.323 e. The summed E-state index contributed by atoms with van der Waals surface area (Å²) in [5, 5.41) is 4.22. The Hall–Kier alpha value is -0.480. The van der Waals surface area contributed by atoms with Crippen molar-refractivity contribution < 1.29 is 0 Å². The number of rotatable bonds is 3. The molecule has 3 nitrogen and oxygen atoms in total. The maximum absolute atomic E-state index is 6.38. The molecule has 16 heavy (non-hydrogen) atoms. The van der Waals surface area contributed by atoms with Gasteiger partial charge in [0.1, 0.15) is 0 Å². The summed E-state index contributed by atoms with van der Waals surface area (Å²) in [6, 6.07) is 0.165. The van der Waals surface area contributed by atoms with E-state index < -0.39 is 0 Å². The van der Waals surface area contributed by atoms with Gasteiger partial charge in [0.2, 0.25) is 0 Å². The van der Waals surface area contributed by atoms with Crippen LogP contribution in [0.3, 0.4) is 0 Å². The molecule has 0 amide bonds. The number of hydrogen-bond donors (Lipinski definition) is 1. The second kappa shape index (κ2) is 5.23. The van der Waals surface area contributed by atoms with Crippen molar-refractivity contribution in [2.45, 2.75) is 57.9 Å². The molecule has 1 fully saturated rings. The largest absolute Gasteiger partial charge is 0.323 e. The standard InChI is InChI=1S/C12H21N3S/c1-8(2)11-12(16-15-14-11)10(13)9-6-4-3-5-7-9/h8-10H,3-7,13H2,1-2H3. The van der Waals surface area contributed by atoms with Crippen LogP contribution in [0.1, 0.15) is 68.5 Å². The van der Waals surface area contributed by atoms with E-state index in [1.807, 2.05) is 0 Å². The van der Waals surface area contributed by atoms with E-state index >= 15 is 0 Å². The lowest BCUT2D eigenvalue weighted by molar-refractivity contribution is 0.309. The molecule has 1 atom stereocenters. The van der Waals surface area contributed by atoms with Crippen molar-refractivity contribution in [1.82, 2.24) is 9.59 Å². The van der Waals surface area contributed by atoms with Crippen LogP contribution in [0.25, 0.3) is 0 Å². The van der Waals surface area contributed by atoms with Gasteiger partial charge in [0.15, 0.2) is 0 Å². The van der Waals surface area contributed by atoms with Crippen molar-refractivity contribution in [1.29, 1.82) is 0 Å². The van der Waals surface area contributed by atoms with E-state index in [-0.39, 0.29) is 6.04 Å². The van der Waals surface area contributed by atoms with E-state index in [0.29, 0.717) is 11.8 Å². The predicted molar refractivity (Wildman–Crippen MR) is 67.5 cm³/mol. The molecular weight excluding hydrogens is 218 g/mol. The van der Waals surface area contributed by atoms with Gasteiger partial charge in [0.05, 0.1) is 10.6 Å². The van der Waals surface area contributed by atoms with Crippen LogP contribution >= 0.6 is 11.5 Å². The van der Waals surface area contributed by atoms with Crippen molar-refractivity contribution >= 4 is 11.5 Å². The molecule has 0 bridgehead atoms. The molecule has 0 aromatic carbocycles. The lowest BCUT2D eigenvalue weighted by Gasteiger charge is -2.27. The van der Waals surface area contributed by atoms with Crippen molar-refractivity contribution in [3.63, 3.8) is 0 Å². The maximum atomic E-state index is 6.38. The fourth-order valence-corrected chi connectivity index (χ4v) is 3.44. The topological polar surface area (TPSA) is 51.8 Å². The Kier molecular flexibility index (Phi) is 3.92. The molecule has 1 unspecified atom stereocenters. The summed E-state index contributed by atoms with van der Waals surface area (Å²) in [7, 11) is 0. The minimum absolute atomic E-state index is 0.165. The minimum atomic E-state index is 0.165. The number of hydrogen-bond acceptors (Lipinski definition) is 4. The molecule has 0 spiro atoms. The number of aromatic nitrogens is 2. The molecule has 1 aromatic rings. The van der Waals surface area contributed by atoms with Gasteiger partial charge in [-0.3, -0.25) is 0 Å². The molecule has 1 heterocycles. The molecule has 1 aliphatic rings. The van der Waals surface area contributed by atoms with E-state index in [1.54, 1.807) is 0 Å². The van der Waals surface area contributed by atoms with Gasteiger partial charge >= 0.3 is 0 Å². The normalized spacial score (nSPS) is 20.2. The Bertz CT molecular complexity index is 329. The predicted octanol–water partition coefficient (Wildman–Crippen LogP) is 3.24. The fraction of sp³-hybridized carbons (Fsp3) is 0.833. The summed E-state index contributed by atoms with van der Waals surface area (Å²) in [5.74, 6) is 1.08. The van der Waals surface area contributed by atoms with Gasteiger partial charge in [0, 0.05) is 6.04 Å². The van der Waals surface area contributed by atoms with E-state index in [1.165, 1.54) is 48.5 Å². The molecule has 0 radical (unpaired) electrons. The summed E-state index contributed by atoms with van der Waals surface area (Å²) < 4.78 is 4.07. The average Bonchev–Trinajstić information content (AvgIpc) is 2.78. The zero-order valence-electron chi connectivity index (χ0n) is 10.1. The van der Waals surface area contributed by atoms with Crippen LogP contribution in [0.2, 0.25) is 0 Å². The van der Waals surface area contributed by atoms with Gasteiger partial charge in [0.25, 0.3) is 0 Å². The third-order valence-corrected chi connectivity index (χ3v) is 4.39. The highest BCUT2D eigenvalue weighted by Crippen LogP contribution is 2.36. The van der Waals surface area contributed by atoms with Gasteiger partial charge in [-0.15, -0.1) is 5.10 Å². The van der Waals surface area contributed by atoms with Crippen LogP contribution in [0.4, 0.5) is 0 Å². The van der Waals surface area contributed by atoms with Crippen LogP contribution in [0.15, 0.2) is 0 Å². The van der Waals surface area contributed by atoms with Crippen LogP contribution < -0.4 is 5.73 Å². The van der Waals surface area contributed by atoms with Gasteiger partial charge < -0.3 is 5.73 Å². The van der Waals surface area contributed by atoms with Crippen molar-refractivity contribution in [3.8, 4) is 0 Å². The third-order valence-electron chi connectivity index (χ3n) is 3.55. The molecule has 0 saturated heterocycles. The van der Waals surface area contributed by atoms with E-state index in [2.05, 4.69) is 23.4 Å². The van der Waals surface area contributed by atoms with E-state index in [4.69, 9.17) is 5.73 Å². The SMILES string of the molecule is CC(C)c1nnsc1C(N)C1CCCCC1. The number of nitrogens with two attached hydrogens (primary N) is 1. The summed E-state index contributed by atoms with van der Waals surface area (Å²) in [4.78, 5) is 1.22. The maximum Gasteiger partial charge on any atom is 0.0829 e. The summed E-state index contributed by atoms with van der Waals surface area (Å²) >= 11 is 1.49. The van der Waals surface area contributed by atoms with E-state index in [0.717, 1.165) is 5.69 Å². The molecule has 1 aliphatic carbocycles. The fourth-order valence-electron chi connectivity index (χ4n) is 2.54. The lowest BCUT2D eigenvalue weighted by Crippen LogP contribution is -2.23. The molecule has 0 aliphatic heterocycles. The van der Waals surface area contributed by atoms with Crippen LogP contribution in [0, 0.1) is 5.92 Å². The smallest absolute Gasteiger partial charge is 0.0829 e. The second-order valence-electron chi connectivity index (χ2n) is 5.10. The summed E-state index contributed by atoms with van der Waals surface area (Å²) in [5.41, 5.74) is 7.50. The zero-order chi connectivity index (χ0) is 11.5. The molecule has 2 N–H and O–H groups in total. The first-order chi connectivity index (χ1) is 7.70. The first kappa shape index (κ1) is 12.0. The first-order valence-electron chi connectivity index (χ1n) is 6.28. The Labute approximate surface area is 102 Å². The van der Waals surface area contributed by atoms with Crippen LogP contribution in [-0.2, 0) is 0 Å². The second-order valence-corrected chi connectivity index (χ2v) is 5.89. The Morgan fingerprint density at radius 3 is 2.56 bits per heavy atom. The van der Waals surface area contributed by atoms with Crippen molar-refractivity contribution in [3.05, 3.63) is 10.6 Å². The molecule has 2 rings (SSSR count). The highest BCUT2D eigenvalue weighted by molar-refractivity contribution is 7.05. The van der Waals surface area contributed by atoms with Gasteiger partial charge in [-0.05, 0) is 36.2 Å². The van der Waals surface area contributed by atoms with E-state index in [9.17, 15) is 0 Å². The highest BCUT2D eigenvalue weighted by atomic mass is 32.1. The monoisotopic (exact) mass is 239 g/mol. The third kappa shape index (κ3) is 2.43. The molecule has 90 valence electrons. The Balaban J connectivity index is 2.12. The Morgan fingerprint density at radius 2 is 1.94 bits per heavy atom. The van der Waals surface area contributed by atoms with Crippen molar-refractivity contribution in [2.75, 3.05) is 0 Å². The summed E-state index contributed by atoms with van der Waals surface area (Å²) in [6.45, 7) is 4.32. The van der Waals surface area contributed by atoms with Gasteiger partial charge in [-0.2, -0.15) is 0 Å². The van der Waals surface area contributed by atoms with Crippen LogP contribution in [-0.4, -0.2) is 9.59 Å². The molecular formula is C12H21N3S. The van der Waals surface area contributed by atoms with Crippen LogP contribution in [0.5, 0.6) is 0 Å². The molecule has 1 aromatic heterocycles. The van der Waals surface area contributed by atoms with Gasteiger partial charge in [-0.25, -0.2) is 0 Å². The zero-order valence-corrected chi connectivity index (χ0v) is 11.0. The Morgan fingerprint density at radius 1 is 1.25 bits per heavy atom. The van der Waals surface area contributed by atoms with Crippen molar-refractivity contribution in [2.24, 2.45) is 11.7 Å². The number of nitrogens with zero attached hydrogens (tertiary/aromatic N) is 2.